The molecule has 0 spiro atoms. The van der Waals surface area contributed by atoms with Crippen molar-refractivity contribution in [1.82, 2.24) is 9.62 Å². The molecule has 0 fully saturated rings. The minimum atomic E-state index is -3.11. The highest BCUT2D eigenvalue weighted by Gasteiger charge is 2.17. The highest BCUT2D eigenvalue weighted by atomic mass is 32.2. The molecule has 6 heteroatoms. The molecule has 1 heterocycles. The molecule has 4 nitrogen and oxygen atoms in total. The molecule has 92 valence electrons. The van der Waals surface area contributed by atoms with E-state index < -0.39 is 10.0 Å². The third kappa shape index (κ3) is 4.21. The lowest BCUT2D eigenvalue weighted by atomic mass is 10.3. The fourth-order valence-corrected chi connectivity index (χ4v) is 3.15. The molecule has 0 saturated heterocycles. The third-order valence-corrected chi connectivity index (χ3v) is 4.90. The number of nitrogens with zero attached hydrogens (tertiary/aromatic N) is 1. The van der Waals surface area contributed by atoms with Crippen LogP contribution in [0, 0.1) is 0 Å². The Bertz CT molecular complexity index is 387. The monoisotopic (exact) mass is 262 g/mol. The van der Waals surface area contributed by atoms with E-state index in [-0.39, 0.29) is 5.75 Å². The number of hydrogen-bond acceptors (Lipinski definition) is 4. The Hall–Kier alpha value is -0.430. The third-order valence-electron chi connectivity index (χ3n) is 2.29. The van der Waals surface area contributed by atoms with Crippen molar-refractivity contribution in [2.75, 3.05) is 26.4 Å². The van der Waals surface area contributed by atoms with Crippen LogP contribution < -0.4 is 5.32 Å². The maximum atomic E-state index is 11.8. The van der Waals surface area contributed by atoms with Crippen LogP contribution in [0.3, 0.4) is 0 Å². The molecule has 0 bridgehead atoms. The van der Waals surface area contributed by atoms with Crippen molar-refractivity contribution in [1.29, 1.82) is 0 Å². The van der Waals surface area contributed by atoms with Gasteiger partial charge in [-0.25, -0.2) is 12.7 Å². The molecule has 0 aliphatic carbocycles. The van der Waals surface area contributed by atoms with E-state index in [4.69, 9.17) is 0 Å². The van der Waals surface area contributed by atoms with E-state index in [2.05, 4.69) is 5.32 Å². The molecule has 0 saturated carbocycles. The summed E-state index contributed by atoms with van der Waals surface area (Å²) in [5, 5.41) is 6.87. The topological polar surface area (TPSA) is 49.4 Å². The fraction of sp³-hybridized carbons (Fsp3) is 0.600. The van der Waals surface area contributed by atoms with E-state index in [1.807, 2.05) is 23.9 Å². The molecule has 0 aliphatic rings. The Kier molecular flexibility index (Phi) is 5.40. The zero-order valence-electron chi connectivity index (χ0n) is 9.64. The van der Waals surface area contributed by atoms with Gasteiger partial charge in [0.15, 0.2) is 0 Å². The molecule has 0 amide bonds. The first-order valence-electron chi connectivity index (χ1n) is 5.16. The quantitative estimate of drug-likeness (QED) is 0.749. The van der Waals surface area contributed by atoms with Crippen molar-refractivity contribution >= 4 is 21.4 Å². The van der Waals surface area contributed by atoms with Gasteiger partial charge in [0, 0.05) is 13.6 Å². The van der Waals surface area contributed by atoms with Crippen molar-refractivity contribution < 1.29 is 8.42 Å². The van der Waals surface area contributed by atoms with Gasteiger partial charge in [-0.2, -0.15) is 11.3 Å². The highest BCUT2D eigenvalue weighted by Crippen LogP contribution is 2.11. The maximum Gasteiger partial charge on any atom is 0.214 e. The molecule has 0 unspecified atom stereocenters. The van der Waals surface area contributed by atoms with Gasteiger partial charge in [0.05, 0.1) is 5.75 Å². The first-order chi connectivity index (χ1) is 7.56. The van der Waals surface area contributed by atoms with E-state index in [9.17, 15) is 8.42 Å². The average Bonchev–Trinajstić information content (AvgIpc) is 2.70. The van der Waals surface area contributed by atoms with Gasteiger partial charge >= 0.3 is 0 Å². The Morgan fingerprint density at radius 1 is 1.50 bits per heavy atom. The molecule has 0 aliphatic heterocycles. The standard InChI is InChI=1S/C10H18N2O2S2/c1-11-5-3-7-16(13,14)12(2)8-10-4-6-15-9-10/h4,6,9,11H,3,5,7-8H2,1-2H3. The Labute approximate surface area is 101 Å². The molecular weight excluding hydrogens is 244 g/mol. The van der Waals surface area contributed by atoms with Crippen LogP contribution in [-0.2, 0) is 16.6 Å². The van der Waals surface area contributed by atoms with Gasteiger partial charge in [-0.15, -0.1) is 0 Å². The lowest BCUT2D eigenvalue weighted by molar-refractivity contribution is 0.465. The van der Waals surface area contributed by atoms with Crippen LogP contribution in [0.4, 0.5) is 0 Å². The van der Waals surface area contributed by atoms with Crippen molar-refractivity contribution in [2.24, 2.45) is 0 Å². The zero-order valence-corrected chi connectivity index (χ0v) is 11.3. The highest BCUT2D eigenvalue weighted by molar-refractivity contribution is 7.89. The summed E-state index contributed by atoms with van der Waals surface area (Å²) >= 11 is 1.58. The minimum absolute atomic E-state index is 0.203. The van der Waals surface area contributed by atoms with Gasteiger partial charge in [0.25, 0.3) is 0 Å². The summed E-state index contributed by atoms with van der Waals surface area (Å²) < 4.78 is 25.1. The maximum absolute atomic E-state index is 11.8. The zero-order chi connectivity index (χ0) is 12.0. The second-order valence-electron chi connectivity index (χ2n) is 3.66. The van der Waals surface area contributed by atoms with Crippen molar-refractivity contribution in [3.63, 3.8) is 0 Å². The summed E-state index contributed by atoms with van der Waals surface area (Å²) in [5.74, 6) is 0.203. The molecule has 0 atom stereocenters. The number of thiophene rings is 1. The summed E-state index contributed by atoms with van der Waals surface area (Å²) in [6, 6.07) is 1.95. The van der Waals surface area contributed by atoms with Crippen molar-refractivity contribution in [3.05, 3.63) is 22.4 Å². The van der Waals surface area contributed by atoms with Crippen LogP contribution in [-0.4, -0.2) is 39.1 Å². The van der Waals surface area contributed by atoms with Crippen LogP contribution in [0.5, 0.6) is 0 Å². The van der Waals surface area contributed by atoms with Gasteiger partial charge < -0.3 is 5.32 Å². The van der Waals surface area contributed by atoms with Gasteiger partial charge in [-0.3, -0.25) is 0 Å². The van der Waals surface area contributed by atoms with Gasteiger partial charge in [0.1, 0.15) is 0 Å². The van der Waals surface area contributed by atoms with Crippen LogP contribution in [0.15, 0.2) is 16.8 Å². The first-order valence-corrected chi connectivity index (χ1v) is 7.71. The predicted molar refractivity (Wildman–Crippen MR) is 68.1 cm³/mol. The van der Waals surface area contributed by atoms with E-state index in [1.54, 1.807) is 18.4 Å². The fourth-order valence-electron chi connectivity index (χ4n) is 1.33. The van der Waals surface area contributed by atoms with Gasteiger partial charge in [0.2, 0.25) is 10.0 Å². The van der Waals surface area contributed by atoms with Crippen LogP contribution >= 0.6 is 11.3 Å². The Balaban J connectivity index is 2.48. The normalized spacial score (nSPS) is 12.2. The number of rotatable bonds is 7. The minimum Gasteiger partial charge on any atom is -0.320 e. The summed E-state index contributed by atoms with van der Waals surface area (Å²) in [6.07, 6.45) is 0.646. The molecule has 1 aromatic rings. The van der Waals surface area contributed by atoms with Gasteiger partial charge in [-0.1, -0.05) is 0 Å². The molecule has 1 aromatic heterocycles. The smallest absolute Gasteiger partial charge is 0.214 e. The Morgan fingerprint density at radius 2 is 2.25 bits per heavy atom. The lowest BCUT2D eigenvalue weighted by Crippen LogP contribution is -2.29. The van der Waals surface area contributed by atoms with Crippen LogP contribution in [0.25, 0.3) is 0 Å². The second kappa shape index (κ2) is 6.34. The van der Waals surface area contributed by atoms with Crippen LogP contribution in [0.2, 0.25) is 0 Å². The molecule has 0 radical (unpaired) electrons. The van der Waals surface area contributed by atoms with Crippen molar-refractivity contribution in [2.45, 2.75) is 13.0 Å². The lowest BCUT2D eigenvalue weighted by Gasteiger charge is -2.16. The summed E-state index contributed by atoms with van der Waals surface area (Å²) in [5.41, 5.74) is 1.05. The predicted octanol–water partition coefficient (Wildman–Crippen LogP) is 1.12. The molecule has 16 heavy (non-hydrogen) atoms. The summed E-state index contributed by atoms with van der Waals surface area (Å²) in [7, 11) is 0.342. The number of hydrogen-bond donors (Lipinski definition) is 1. The van der Waals surface area contributed by atoms with Crippen molar-refractivity contribution in [3.8, 4) is 0 Å². The number of nitrogens with one attached hydrogen (secondary N) is 1. The summed E-state index contributed by atoms with van der Waals surface area (Å²) in [4.78, 5) is 0. The largest absolute Gasteiger partial charge is 0.320 e. The van der Waals surface area contributed by atoms with Crippen LogP contribution in [0.1, 0.15) is 12.0 Å². The van der Waals surface area contributed by atoms with E-state index in [1.165, 1.54) is 4.31 Å². The molecule has 0 aromatic carbocycles. The van der Waals surface area contributed by atoms with E-state index in [0.717, 1.165) is 12.1 Å². The molecule has 1 rings (SSSR count). The molecular formula is C10H18N2O2S2. The average molecular weight is 262 g/mol. The van der Waals surface area contributed by atoms with E-state index in [0.29, 0.717) is 13.0 Å². The van der Waals surface area contributed by atoms with Gasteiger partial charge in [-0.05, 0) is 42.4 Å². The van der Waals surface area contributed by atoms with E-state index >= 15 is 0 Å². The second-order valence-corrected chi connectivity index (χ2v) is 6.64. The number of sulfonamides is 1. The SMILES string of the molecule is CNCCCS(=O)(=O)N(C)Cc1ccsc1. The Morgan fingerprint density at radius 3 is 2.81 bits per heavy atom. The first kappa shape index (κ1) is 13.6. The molecule has 1 N–H and O–H groups in total. The summed E-state index contributed by atoms with van der Waals surface area (Å²) in [6.45, 7) is 1.19.